The lowest BCUT2D eigenvalue weighted by atomic mass is 10.1. The van der Waals surface area contributed by atoms with Crippen molar-refractivity contribution in [1.29, 1.82) is 0 Å². The van der Waals surface area contributed by atoms with E-state index in [-0.39, 0.29) is 10.8 Å². The first-order chi connectivity index (χ1) is 12.6. The SMILES string of the molecule is O=c1cc(CSc2nncn2-c2ccccc2)c2cc(Cl)c(O)cc2o1. The average Bonchev–Trinajstić information content (AvgIpc) is 3.10. The van der Waals surface area contributed by atoms with Gasteiger partial charge in [-0.25, -0.2) is 4.79 Å². The van der Waals surface area contributed by atoms with Gasteiger partial charge in [0.2, 0.25) is 0 Å². The molecule has 4 rings (SSSR count). The lowest BCUT2D eigenvalue weighted by Gasteiger charge is -2.08. The van der Waals surface area contributed by atoms with Crippen molar-refractivity contribution in [1.82, 2.24) is 14.8 Å². The second kappa shape index (κ2) is 6.86. The van der Waals surface area contributed by atoms with E-state index in [2.05, 4.69) is 10.2 Å². The Morgan fingerprint density at radius 3 is 2.81 bits per heavy atom. The normalized spacial score (nSPS) is 11.1. The molecule has 0 radical (unpaired) electrons. The first-order valence-corrected chi connectivity index (χ1v) is 9.01. The molecule has 0 saturated heterocycles. The third kappa shape index (κ3) is 3.18. The van der Waals surface area contributed by atoms with E-state index in [1.807, 2.05) is 34.9 Å². The lowest BCUT2D eigenvalue weighted by Crippen LogP contribution is -2.01. The molecule has 130 valence electrons. The zero-order chi connectivity index (χ0) is 18.1. The molecule has 0 bridgehead atoms. The van der Waals surface area contributed by atoms with Crippen LogP contribution in [0.1, 0.15) is 5.56 Å². The number of thioether (sulfide) groups is 1. The van der Waals surface area contributed by atoms with E-state index in [9.17, 15) is 9.90 Å². The molecule has 8 heteroatoms. The molecule has 4 aromatic rings. The van der Waals surface area contributed by atoms with Gasteiger partial charge in [0, 0.05) is 29.0 Å². The van der Waals surface area contributed by atoms with Crippen LogP contribution < -0.4 is 5.63 Å². The van der Waals surface area contributed by atoms with Crippen molar-refractivity contribution in [2.24, 2.45) is 0 Å². The molecular weight excluding hydrogens is 374 g/mol. The van der Waals surface area contributed by atoms with Crippen LogP contribution in [-0.4, -0.2) is 19.9 Å². The molecule has 0 amide bonds. The summed E-state index contributed by atoms with van der Waals surface area (Å²) in [5, 5.41) is 19.4. The molecule has 0 atom stereocenters. The molecule has 0 fully saturated rings. The average molecular weight is 386 g/mol. The number of rotatable bonds is 4. The predicted molar refractivity (Wildman–Crippen MR) is 100 cm³/mol. The molecule has 6 nitrogen and oxygen atoms in total. The fourth-order valence-electron chi connectivity index (χ4n) is 2.59. The van der Waals surface area contributed by atoms with Crippen molar-refractivity contribution < 1.29 is 9.52 Å². The molecule has 26 heavy (non-hydrogen) atoms. The first-order valence-electron chi connectivity index (χ1n) is 7.65. The molecule has 0 aliphatic carbocycles. The number of halogens is 1. The molecule has 0 unspecified atom stereocenters. The largest absolute Gasteiger partial charge is 0.506 e. The summed E-state index contributed by atoms with van der Waals surface area (Å²) in [6.07, 6.45) is 1.64. The standard InChI is InChI=1S/C18H12ClN3O3S/c19-14-7-13-11(6-17(24)25-16(13)8-15(14)23)9-26-18-21-20-10-22(18)12-4-2-1-3-5-12/h1-8,10,23H,9H2. The summed E-state index contributed by atoms with van der Waals surface area (Å²) in [6, 6.07) is 14.1. The molecule has 2 aromatic carbocycles. The minimum Gasteiger partial charge on any atom is -0.506 e. The van der Waals surface area contributed by atoms with Crippen LogP contribution in [0.25, 0.3) is 16.7 Å². The van der Waals surface area contributed by atoms with Gasteiger partial charge in [-0.3, -0.25) is 4.57 Å². The Kier molecular flexibility index (Phi) is 4.40. The fourth-order valence-corrected chi connectivity index (χ4v) is 3.67. The van der Waals surface area contributed by atoms with Crippen LogP contribution in [-0.2, 0) is 5.75 Å². The van der Waals surface area contributed by atoms with E-state index in [0.29, 0.717) is 21.9 Å². The number of phenols is 1. The highest BCUT2D eigenvalue weighted by Gasteiger charge is 2.12. The number of phenolic OH excluding ortho intramolecular Hbond substituents is 1. The Bertz CT molecular complexity index is 1140. The zero-order valence-corrected chi connectivity index (χ0v) is 14.9. The van der Waals surface area contributed by atoms with Gasteiger partial charge in [-0.2, -0.15) is 0 Å². The van der Waals surface area contributed by atoms with Gasteiger partial charge in [0.15, 0.2) is 5.16 Å². The third-order valence-electron chi connectivity index (χ3n) is 3.81. The Morgan fingerprint density at radius 2 is 2.00 bits per heavy atom. The van der Waals surface area contributed by atoms with Crippen LogP contribution in [0.3, 0.4) is 0 Å². The number of aromatic hydroxyl groups is 1. The summed E-state index contributed by atoms with van der Waals surface area (Å²) in [4.78, 5) is 11.8. The summed E-state index contributed by atoms with van der Waals surface area (Å²) in [7, 11) is 0. The Morgan fingerprint density at radius 1 is 1.19 bits per heavy atom. The minimum absolute atomic E-state index is 0.129. The van der Waals surface area contributed by atoms with Crippen LogP contribution in [0.4, 0.5) is 0 Å². The number of nitrogens with zero attached hydrogens (tertiary/aromatic N) is 3. The van der Waals surface area contributed by atoms with Crippen LogP contribution in [0.2, 0.25) is 5.02 Å². The first kappa shape index (κ1) is 16.7. The molecular formula is C18H12ClN3O3S. The summed E-state index contributed by atoms with van der Waals surface area (Å²) >= 11 is 7.44. The second-order valence-corrected chi connectivity index (χ2v) is 6.85. The summed E-state index contributed by atoms with van der Waals surface area (Å²) in [5.41, 5.74) is 1.50. The number of hydrogen-bond donors (Lipinski definition) is 1. The zero-order valence-electron chi connectivity index (χ0n) is 13.3. The topological polar surface area (TPSA) is 81.2 Å². The summed E-state index contributed by atoms with van der Waals surface area (Å²) < 4.78 is 7.02. The summed E-state index contributed by atoms with van der Waals surface area (Å²) in [6.45, 7) is 0. The van der Waals surface area contributed by atoms with E-state index in [1.165, 1.54) is 23.9 Å². The molecule has 2 aromatic heterocycles. The molecule has 0 aliphatic rings. The van der Waals surface area contributed by atoms with Gasteiger partial charge in [-0.05, 0) is 23.8 Å². The maximum Gasteiger partial charge on any atom is 0.336 e. The number of aromatic nitrogens is 3. The quantitative estimate of drug-likeness (QED) is 0.422. The van der Waals surface area contributed by atoms with E-state index >= 15 is 0 Å². The fraction of sp³-hybridized carbons (Fsp3) is 0.0556. The maximum absolute atomic E-state index is 11.8. The van der Waals surface area contributed by atoms with E-state index in [4.69, 9.17) is 16.0 Å². The van der Waals surface area contributed by atoms with Crippen LogP contribution in [0.5, 0.6) is 5.75 Å². The number of para-hydroxylation sites is 1. The highest BCUT2D eigenvalue weighted by molar-refractivity contribution is 7.98. The van der Waals surface area contributed by atoms with Gasteiger partial charge >= 0.3 is 5.63 Å². The van der Waals surface area contributed by atoms with Crippen molar-refractivity contribution in [2.75, 3.05) is 0 Å². The minimum atomic E-state index is -0.487. The van der Waals surface area contributed by atoms with Gasteiger partial charge < -0.3 is 9.52 Å². The molecule has 1 N–H and O–H groups in total. The van der Waals surface area contributed by atoms with E-state index in [1.54, 1.807) is 12.4 Å². The second-order valence-electron chi connectivity index (χ2n) is 5.50. The van der Waals surface area contributed by atoms with Gasteiger partial charge in [-0.1, -0.05) is 41.6 Å². The van der Waals surface area contributed by atoms with Gasteiger partial charge in [0.05, 0.1) is 5.02 Å². The predicted octanol–water partition coefficient (Wildman–Crippen LogP) is 4.03. The van der Waals surface area contributed by atoms with Crippen molar-refractivity contribution in [3.05, 3.63) is 75.9 Å². The van der Waals surface area contributed by atoms with Crippen LogP contribution in [0.15, 0.2) is 69.2 Å². The number of hydrogen-bond acceptors (Lipinski definition) is 6. The molecule has 0 spiro atoms. The van der Waals surface area contributed by atoms with Crippen molar-refractivity contribution in [3.63, 3.8) is 0 Å². The monoisotopic (exact) mass is 385 g/mol. The lowest BCUT2D eigenvalue weighted by molar-refractivity contribution is 0.473. The maximum atomic E-state index is 11.8. The van der Waals surface area contributed by atoms with Crippen molar-refractivity contribution in [3.8, 4) is 11.4 Å². The highest BCUT2D eigenvalue weighted by atomic mass is 35.5. The van der Waals surface area contributed by atoms with Crippen molar-refractivity contribution in [2.45, 2.75) is 10.9 Å². The summed E-state index contributed by atoms with van der Waals surface area (Å²) in [5.74, 6) is 0.338. The Hall–Kier alpha value is -2.77. The van der Waals surface area contributed by atoms with Gasteiger partial charge in [0.25, 0.3) is 0 Å². The van der Waals surface area contributed by atoms with Crippen molar-refractivity contribution >= 4 is 34.3 Å². The van der Waals surface area contributed by atoms with Crippen LogP contribution in [0, 0.1) is 0 Å². The van der Waals surface area contributed by atoms with E-state index < -0.39 is 5.63 Å². The Balaban J connectivity index is 1.69. The Labute approximate surface area is 157 Å². The van der Waals surface area contributed by atoms with Crippen LogP contribution >= 0.6 is 23.4 Å². The number of fused-ring (bicyclic) bond motifs is 1. The smallest absolute Gasteiger partial charge is 0.336 e. The highest BCUT2D eigenvalue weighted by Crippen LogP contribution is 2.32. The molecule has 0 aliphatic heterocycles. The third-order valence-corrected chi connectivity index (χ3v) is 5.10. The van der Waals surface area contributed by atoms with E-state index in [0.717, 1.165) is 11.3 Å². The van der Waals surface area contributed by atoms with Gasteiger partial charge in [0.1, 0.15) is 17.7 Å². The molecule has 0 saturated carbocycles. The number of benzene rings is 2. The van der Waals surface area contributed by atoms with Gasteiger partial charge in [-0.15, -0.1) is 10.2 Å². The molecule has 2 heterocycles.